The van der Waals surface area contributed by atoms with Crippen molar-refractivity contribution in [3.63, 3.8) is 0 Å². The third kappa shape index (κ3) is 4.66. The number of aromatic nitrogens is 3. The van der Waals surface area contributed by atoms with Gasteiger partial charge in [-0.3, -0.25) is 4.79 Å². The number of fused-ring (bicyclic) bond motifs is 1. The van der Waals surface area contributed by atoms with Crippen LogP contribution in [-0.2, 0) is 4.79 Å². The predicted octanol–water partition coefficient (Wildman–Crippen LogP) is 5.29. The Morgan fingerprint density at radius 3 is 2.45 bits per heavy atom. The molecule has 1 atom stereocenters. The lowest BCUT2D eigenvalue weighted by molar-refractivity contribution is -0.113. The highest BCUT2D eigenvalue weighted by molar-refractivity contribution is 6.06. The zero-order chi connectivity index (χ0) is 26.6. The normalized spacial score (nSPS) is 14.4. The van der Waals surface area contributed by atoms with E-state index < -0.39 is 6.04 Å². The lowest BCUT2D eigenvalue weighted by atomic mass is 9.94. The van der Waals surface area contributed by atoms with Gasteiger partial charge in [0.2, 0.25) is 5.95 Å². The molecule has 9 heteroatoms. The van der Waals surface area contributed by atoms with Crippen LogP contribution in [0.25, 0.3) is 11.4 Å². The van der Waals surface area contributed by atoms with Gasteiger partial charge >= 0.3 is 0 Å². The van der Waals surface area contributed by atoms with Crippen molar-refractivity contribution in [3.05, 3.63) is 89.6 Å². The second-order valence-corrected chi connectivity index (χ2v) is 8.63. The van der Waals surface area contributed by atoms with E-state index in [4.69, 9.17) is 24.3 Å². The lowest BCUT2D eigenvalue weighted by Crippen LogP contribution is -2.31. The fourth-order valence-electron chi connectivity index (χ4n) is 4.53. The molecule has 5 rings (SSSR count). The molecule has 0 spiro atoms. The number of rotatable bonds is 8. The van der Waals surface area contributed by atoms with E-state index >= 15 is 0 Å². The van der Waals surface area contributed by atoms with E-state index in [0.717, 1.165) is 11.1 Å². The minimum Gasteiger partial charge on any atom is -0.495 e. The largest absolute Gasteiger partial charge is 0.495 e. The van der Waals surface area contributed by atoms with Gasteiger partial charge in [0, 0.05) is 11.3 Å². The molecule has 0 aliphatic carbocycles. The van der Waals surface area contributed by atoms with Crippen LogP contribution in [0.4, 0.5) is 11.6 Å². The number of amides is 1. The van der Waals surface area contributed by atoms with E-state index in [1.54, 1.807) is 31.0 Å². The van der Waals surface area contributed by atoms with E-state index in [-0.39, 0.29) is 5.91 Å². The average molecular weight is 512 g/mol. The number of hydrogen-bond acceptors (Lipinski definition) is 7. The van der Waals surface area contributed by atoms with Crippen LogP contribution in [0.2, 0.25) is 0 Å². The van der Waals surface area contributed by atoms with E-state index in [9.17, 15) is 4.79 Å². The molecular weight excluding hydrogens is 482 g/mol. The fourth-order valence-corrected chi connectivity index (χ4v) is 4.53. The first-order chi connectivity index (χ1) is 18.5. The number of methoxy groups -OCH3 is 2. The number of nitrogens with one attached hydrogen (secondary N) is 2. The molecule has 2 N–H and O–H groups in total. The summed E-state index contributed by atoms with van der Waals surface area (Å²) in [6.45, 7) is 4.28. The van der Waals surface area contributed by atoms with E-state index in [1.807, 2.05) is 74.5 Å². The van der Waals surface area contributed by atoms with Gasteiger partial charge in [-0.05, 0) is 43.7 Å². The van der Waals surface area contributed by atoms with Crippen LogP contribution in [0.15, 0.2) is 84.1 Å². The summed E-state index contributed by atoms with van der Waals surface area (Å²) in [7, 11) is 3.16. The SMILES string of the molecule is CCOc1ccc(C2C(C(=O)Nc3ccccc3OC)=C(C)Nc3nc(-c4ccccc4)nn32)cc1OC. The number of nitrogens with zero attached hydrogens (tertiary/aromatic N) is 3. The van der Waals surface area contributed by atoms with E-state index in [0.29, 0.717) is 52.6 Å². The molecule has 1 aliphatic heterocycles. The fraction of sp³-hybridized carbons (Fsp3) is 0.207. The Hall–Kier alpha value is -4.79. The van der Waals surface area contributed by atoms with Gasteiger partial charge in [0.15, 0.2) is 17.3 Å². The standard InChI is InChI=1S/C29H29N5O4/c1-5-38-23-16-15-20(17-24(23)37-4)26-25(28(35)31-21-13-9-10-14-22(21)36-3)18(2)30-29-32-27(33-34(26)29)19-11-7-6-8-12-19/h6-17,26H,5H2,1-4H3,(H,31,35)(H,30,32,33). The Morgan fingerprint density at radius 1 is 0.974 bits per heavy atom. The zero-order valence-corrected chi connectivity index (χ0v) is 21.7. The number of carbonyl (C=O) groups is 1. The highest BCUT2D eigenvalue weighted by Crippen LogP contribution is 2.40. The van der Waals surface area contributed by atoms with Gasteiger partial charge in [-0.15, -0.1) is 5.10 Å². The molecule has 9 nitrogen and oxygen atoms in total. The van der Waals surface area contributed by atoms with Gasteiger partial charge in [0.25, 0.3) is 5.91 Å². The third-order valence-electron chi connectivity index (χ3n) is 6.29. The van der Waals surface area contributed by atoms with Crippen molar-refractivity contribution in [2.45, 2.75) is 19.9 Å². The second kappa shape index (κ2) is 10.7. The molecule has 0 saturated heterocycles. The summed E-state index contributed by atoms with van der Waals surface area (Å²) in [5, 5.41) is 11.1. The molecule has 0 fully saturated rings. The Morgan fingerprint density at radius 2 is 1.71 bits per heavy atom. The molecule has 3 aromatic carbocycles. The van der Waals surface area contributed by atoms with Gasteiger partial charge in [-0.1, -0.05) is 48.5 Å². The number of hydrogen-bond donors (Lipinski definition) is 2. The first-order valence-corrected chi connectivity index (χ1v) is 12.3. The molecular formula is C29H29N5O4. The van der Waals surface area contributed by atoms with Crippen molar-refractivity contribution in [3.8, 4) is 28.6 Å². The number of para-hydroxylation sites is 2. The van der Waals surface area contributed by atoms with Crippen molar-refractivity contribution >= 4 is 17.5 Å². The maximum Gasteiger partial charge on any atom is 0.255 e. The maximum atomic E-state index is 13.9. The van der Waals surface area contributed by atoms with Crippen LogP contribution < -0.4 is 24.8 Å². The first kappa shape index (κ1) is 24.9. The highest BCUT2D eigenvalue weighted by atomic mass is 16.5. The summed E-state index contributed by atoms with van der Waals surface area (Å²) < 4.78 is 18.5. The van der Waals surface area contributed by atoms with Gasteiger partial charge in [0.1, 0.15) is 11.8 Å². The number of allylic oxidation sites excluding steroid dienone is 1. The van der Waals surface area contributed by atoms with Crippen molar-refractivity contribution in [2.24, 2.45) is 0 Å². The van der Waals surface area contributed by atoms with Crippen LogP contribution in [0.5, 0.6) is 17.2 Å². The summed E-state index contributed by atoms with van der Waals surface area (Å²) in [6.07, 6.45) is 0. The zero-order valence-electron chi connectivity index (χ0n) is 21.7. The van der Waals surface area contributed by atoms with E-state index in [2.05, 4.69) is 10.6 Å². The van der Waals surface area contributed by atoms with Crippen LogP contribution >= 0.6 is 0 Å². The molecule has 2 heterocycles. The second-order valence-electron chi connectivity index (χ2n) is 8.63. The number of benzene rings is 3. The monoisotopic (exact) mass is 511 g/mol. The molecule has 0 saturated carbocycles. The number of ether oxygens (including phenoxy) is 3. The van der Waals surface area contributed by atoms with Crippen molar-refractivity contribution in [2.75, 3.05) is 31.5 Å². The van der Waals surface area contributed by atoms with Gasteiger partial charge in [-0.2, -0.15) is 4.98 Å². The summed E-state index contributed by atoms with van der Waals surface area (Å²) in [5.41, 5.74) is 3.38. The summed E-state index contributed by atoms with van der Waals surface area (Å²) >= 11 is 0. The quantitative estimate of drug-likeness (QED) is 0.332. The molecule has 0 bridgehead atoms. The Balaban J connectivity index is 1.63. The Kier molecular flexibility index (Phi) is 6.99. The van der Waals surface area contributed by atoms with E-state index in [1.165, 1.54) is 0 Å². The third-order valence-corrected chi connectivity index (χ3v) is 6.29. The summed E-state index contributed by atoms with van der Waals surface area (Å²) in [6, 6.07) is 22.1. The molecule has 194 valence electrons. The van der Waals surface area contributed by atoms with Crippen LogP contribution in [0.1, 0.15) is 25.5 Å². The molecule has 38 heavy (non-hydrogen) atoms. The molecule has 4 aromatic rings. The molecule has 1 unspecified atom stereocenters. The smallest absolute Gasteiger partial charge is 0.255 e. The minimum absolute atomic E-state index is 0.292. The number of anilines is 2. The van der Waals surface area contributed by atoms with Crippen molar-refractivity contribution in [1.29, 1.82) is 0 Å². The summed E-state index contributed by atoms with van der Waals surface area (Å²) in [5.74, 6) is 2.55. The molecule has 1 aliphatic rings. The molecule has 1 aromatic heterocycles. The average Bonchev–Trinajstić information content (AvgIpc) is 3.37. The van der Waals surface area contributed by atoms with Gasteiger partial charge in [-0.25, -0.2) is 4.68 Å². The predicted molar refractivity (Wildman–Crippen MR) is 146 cm³/mol. The lowest BCUT2D eigenvalue weighted by Gasteiger charge is -2.29. The first-order valence-electron chi connectivity index (χ1n) is 12.3. The number of carbonyl (C=O) groups excluding carboxylic acids is 1. The molecule has 1 amide bonds. The highest BCUT2D eigenvalue weighted by Gasteiger charge is 2.35. The summed E-state index contributed by atoms with van der Waals surface area (Å²) in [4.78, 5) is 18.6. The van der Waals surface area contributed by atoms with Crippen molar-refractivity contribution in [1.82, 2.24) is 14.8 Å². The van der Waals surface area contributed by atoms with Crippen molar-refractivity contribution < 1.29 is 19.0 Å². The Labute approximate surface area is 221 Å². The minimum atomic E-state index is -0.588. The van der Waals surface area contributed by atoms with Crippen LogP contribution in [-0.4, -0.2) is 41.5 Å². The van der Waals surface area contributed by atoms with Gasteiger partial charge in [0.05, 0.1) is 32.1 Å². The Bertz CT molecular complexity index is 1500. The van der Waals surface area contributed by atoms with Crippen LogP contribution in [0, 0.1) is 0 Å². The maximum absolute atomic E-state index is 13.9. The molecule has 0 radical (unpaired) electrons. The van der Waals surface area contributed by atoms with Crippen LogP contribution in [0.3, 0.4) is 0 Å². The topological polar surface area (TPSA) is 99.5 Å². The van der Waals surface area contributed by atoms with Gasteiger partial charge < -0.3 is 24.8 Å².